The van der Waals surface area contributed by atoms with Gasteiger partial charge in [-0.2, -0.15) is 0 Å². The summed E-state index contributed by atoms with van der Waals surface area (Å²) in [5, 5.41) is 12.0. The van der Waals surface area contributed by atoms with Gasteiger partial charge in [0.1, 0.15) is 11.9 Å². The van der Waals surface area contributed by atoms with Crippen molar-refractivity contribution in [1.29, 1.82) is 0 Å². The van der Waals surface area contributed by atoms with Crippen LogP contribution >= 0.6 is 0 Å². The summed E-state index contributed by atoms with van der Waals surface area (Å²) in [6.07, 6.45) is -4.40. The number of methoxy groups -OCH3 is 2. The Morgan fingerprint density at radius 3 is 2.55 bits per heavy atom. The van der Waals surface area contributed by atoms with Crippen molar-refractivity contribution in [2.75, 3.05) is 20.8 Å². The fourth-order valence-electron chi connectivity index (χ4n) is 1.84. The Morgan fingerprint density at radius 2 is 2.00 bits per heavy atom. The number of hydrogen-bond donors (Lipinski definition) is 2. The van der Waals surface area contributed by atoms with E-state index in [2.05, 4.69) is 5.32 Å². The zero-order chi connectivity index (χ0) is 15.1. The van der Waals surface area contributed by atoms with Crippen molar-refractivity contribution in [2.45, 2.75) is 32.1 Å². The Labute approximate surface area is 117 Å². The Hall–Kier alpha value is -1.24. The molecule has 0 heterocycles. The maximum absolute atomic E-state index is 12.2. The van der Waals surface area contributed by atoms with Gasteiger partial charge in [0, 0.05) is 25.3 Å². The second-order valence-electron chi connectivity index (χ2n) is 4.54. The van der Waals surface area contributed by atoms with Gasteiger partial charge in [-0.25, -0.2) is 8.78 Å². The molecule has 0 aliphatic carbocycles. The Morgan fingerprint density at radius 1 is 1.30 bits per heavy atom. The molecule has 0 aliphatic rings. The lowest BCUT2D eigenvalue weighted by Gasteiger charge is -2.18. The summed E-state index contributed by atoms with van der Waals surface area (Å²) < 4.78 is 34.8. The van der Waals surface area contributed by atoms with Crippen LogP contribution in [0.3, 0.4) is 0 Å². The molecule has 2 atom stereocenters. The van der Waals surface area contributed by atoms with E-state index >= 15 is 0 Å². The summed E-state index contributed by atoms with van der Waals surface area (Å²) in [6, 6.07) is 5.40. The minimum atomic E-state index is -2.74. The molecule has 2 N–H and O–H groups in total. The van der Waals surface area contributed by atoms with E-state index in [0.717, 1.165) is 16.9 Å². The minimum Gasteiger partial charge on any atom is -0.496 e. The zero-order valence-electron chi connectivity index (χ0n) is 11.9. The van der Waals surface area contributed by atoms with Gasteiger partial charge in [-0.15, -0.1) is 0 Å². The molecule has 0 fully saturated rings. The normalized spacial score (nSPS) is 14.3. The lowest BCUT2D eigenvalue weighted by atomic mass is 10.0. The number of ether oxygens (including phenoxy) is 2. The number of nitrogens with one attached hydrogen (secondary N) is 1. The molecule has 1 aromatic carbocycles. The van der Waals surface area contributed by atoms with Crippen LogP contribution in [0, 0.1) is 0 Å². The second kappa shape index (κ2) is 8.14. The van der Waals surface area contributed by atoms with E-state index in [1.807, 2.05) is 25.1 Å². The van der Waals surface area contributed by atoms with Gasteiger partial charge in [0.2, 0.25) is 0 Å². The number of hydrogen-bond acceptors (Lipinski definition) is 4. The van der Waals surface area contributed by atoms with Gasteiger partial charge in [-0.05, 0) is 24.6 Å². The molecule has 0 saturated heterocycles. The number of benzene rings is 1. The van der Waals surface area contributed by atoms with Gasteiger partial charge in [0.15, 0.2) is 0 Å². The maximum atomic E-state index is 12.2. The average molecular weight is 289 g/mol. The van der Waals surface area contributed by atoms with E-state index in [-0.39, 0.29) is 12.6 Å². The van der Waals surface area contributed by atoms with Crippen molar-refractivity contribution < 1.29 is 23.4 Å². The summed E-state index contributed by atoms with van der Waals surface area (Å²) in [7, 11) is 3.17. The van der Waals surface area contributed by atoms with Gasteiger partial charge in [0.25, 0.3) is 6.43 Å². The third-order valence-electron chi connectivity index (χ3n) is 3.03. The van der Waals surface area contributed by atoms with Gasteiger partial charge in [0.05, 0.1) is 13.7 Å². The molecule has 0 bridgehead atoms. The number of aliphatic hydroxyl groups is 1. The molecule has 114 valence electrons. The summed E-state index contributed by atoms with van der Waals surface area (Å²) in [6.45, 7) is 2.09. The van der Waals surface area contributed by atoms with Crippen molar-refractivity contribution in [2.24, 2.45) is 0 Å². The molecule has 1 rings (SSSR count). The molecule has 0 saturated carbocycles. The van der Waals surface area contributed by atoms with Crippen LogP contribution in [0.4, 0.5) is 8.78 Å². The molecular weight excluding hydrogens is 268 g/mol. The average Bonchev–Trinajstić information content (AvgIpc) is 2.44. The molecule has 0 amide bonds. The molecular formula is C14H21F2NO3. The number of aliphatic hydroxyl groups excluding tert-OH is 1. The molecule has 20 heavy (non-hydrogen) atoms. The number of rotatable bonds is 8. The lowest BCUT2D eigenvalue weighted by Crippen LogP contribution is -2.33. The Bertz CT molecular complexity index is 415. The minimum absolute atomic E-state index is 0.162. The van der Waals surface area contributed by atoms with Crippen molar-refractivity contribution >= 4 is 0 Å². The molecule has 2 unspecified atom stereocenters. The lowest BCUT2D eigenvalue weighted by molar-refractivity contribution is -0.00439. The van der Waals surface area contributed by atoms with E-state index in [1.165, 1.54) is 0 Å². The van der Waals surface area contributed by atoms with Gasteiger partial charge in [-0.3, -0.25) is 0 Å². The van der Waals surface area contributed by atoms with Crippen LogP contribution in [0.5, 0.6) is 5.75 Å². The second-order valence-corrected chi connectivity index (χ2v) is 4.54. The molecule has 6 heteroatoms. The first kappa shape index (κ1) is 16.8. The van der Waals surface area contributed by atoms with Crippen LogP contribution in [-0.2, 0) is 11.3 Å². The molecule has 0 spiro atoms. The van der Waals surface area contributed by atoms with E-state index in [0.29, 0.717) is 6.61 Å². The number of halogens is 2. The highest BCUT2D eigenvalue weighted by molar-refractivity contribution is 5.38. The van der Waals surface area contributed by atoms with Crippen LogP contribution in [0.1, 0.15) is 24.1 Å². The highest BCUT2D eigenvalue weighted by atomic mass is 19.3. The smallest absolute Gasteiger partial charge is 0.265 e. The van der Waals surface area contributed by atoms with E-state index < -0.39 is 12.5 Å². The summed E-state index contributed by atoms with van der Waals surface area (Å²) in [4.78, 5) is 0. The van der Waals surface area contributed by atoms with Crippen molar-refractivity contribution in [3.63, 3.8) is 0 Å². The first-order valence-corrected chi connectivity index (χ1v) is 6.35. The predicted octanol–water partition coefficient (Wildman–Crippen LogP) is 2.12. The summed E-state index contributed by atoms with van der Waals surface area (Å²) in [5.74, 6) is 0.718. The van der Waals surface area contributed by atoms with Crippen LogP contribution in [0.2, 0.25) is 0 Å². The van der Waals surface area contributed by atoms with Crippen LogP contribution in [-0.4, -0.2) is 38.4 Å². The van der Waals surface area contributed by atoms with Crippen LogP contribution in [0.15, 0.2) is 18.2 Å². The summed E-state index contributed by atoms with van der Waals surface area (Å²) >= 11 is 0. The number of alkyl halides is 2. The SMILES string of the molecule is COCc1cc(C(C)NCC(O)C(F)F)ccc1OC. The highest BCUT2D eigenvalue weighted by Crippen LogP contribution is 2.24. The van der Waals surface area contributed by atoms with Crippen molar-refractivity contribution in [3.05, 3.63) is 29.3 Å². The van der Waals surface area contributed by atoms with Crippen molar-refractivity contribution in [3.8, 4) is 5.75 Å². The van der Waals surface area contributed by atoms with E-state index in [4.69, 9.17) is 14.6 Å². The Balaban J connectivity index is 2.72. The quantitative estimate of drug-likeness (QED) is 0.769. The molecule has 0 radical (unpaired) electrons. The van der Waals surface area contributed by atoms with Gasteiger partial charge in [-0.1, -0.05) is 6.07 Å². The van der Waals surface area contributed by atoms with Crippen molar-refractivity contribution in [1.82, 2.24) is 5.32 Å². The van der Waals surface area contributed by atoms with Gasteiger partial charge < -0.3 is 19.9 Å². The molecule has 0 aromatic heterocycles. The molecule has 0 aliphatic heterocycles. The van der Waals surface area contributed by atoms with E-state index in [1.54, 1.807) is 14.2 Å². The van der Waals surface area contributed by atoms with Crippen LogP contribution in [0.25, 0.3) is 0 Å². The first-order valence-electron chi connectivity index (χ1n) is 6.35. The predicted molar refractivity (Wildman–Crippen MR) is 72.1 cm³/mol. The molecule has 4 nitrogen and oxygen atoms in total. The molecule has 1 aromatic rings. The highest BCUT2D eigenvalue weighted by Gasteiger charge is 2.18. The van der Waals surface area contributed by atoms with E-state index in [9.17, 15) is 8.78 Å². The maximum Gasteiger partial charge on any atom is 0.265 e. The van der Waals surface area contributed by atoms with Gasteiger partial charge >= 0.3 is 0 Å². The third-order valence-corrected chi connectivity index (χ3v) is 3.03. The topological polar surface area (TPSA) is 50.7 Å². The Kier molecular flexibility index (Phi) is 6.84. The largest absolute Gasteiger partial charge is 0.496 e. The van der Waals surface area contributed by atoms with Crippen LogP contribution < -0.4 is 10.1 Å². The monoisotopic (exact) mass is 289 g/mol. The fourth-order valence-corrected chi connectivity index (χ4v) is 1.84. The summed E-state index contributed by atoms with van der Waals surface area (Å²) in [5.41, 5.74) is 1.80. The standard InChI is InChI=1S/C14H21F2NO3/c1-9(17-7-12(18)14(15)16)10-4-5-13(20-3)11(6-10)8-19-2/h4-6,9,12,14,17-18H,7-8H2,1-3H3. The third kappa shape index (κ3) is 4.70. The zero-order valence-corrected chi connectivity index (χ0v) is 11.9. The first-order chi connectivity index (χ1) is 9.49. The fraction of sp³-hybridized carbons (Fsp3) is 0.571.